The highest BCUT2D eigenvalue weighted by Crippen LogP contribution is 2.32. The van der Waals surface area contributed by atoms with Gasteiger partial charge in [-0.2, -0.15) is 0 Å². The molecule has 1 aromatic carbocycles. The summed E-state index contributed by atoms with van der Waals surface area (Å²) in [7, 11) is 1.38. The van der Waals surface area contributed by atoms with Crippen LogP contribution in [0.2, 0.25) is 0 Å². The maximum absolute atomic E-state index is 12.5. The number of carbonyl (C=O) groups is 2. The Labute approximate surface area is 191 Å². The van der Waals surface area contributed by atoms with Crippen molar-refractivity contribution in [3.8, 4) is 0 Å². The summed E-state index contributed by atoms with van der Waals surface area (Å²) in [5, 5.41) is 6.79. The molecule has 2 rings (SSSR count). The van der Waals surface area contributed by atoms with Gasteiger partial charge in [0.2, 0.25) is 5.91 Å². The Kier molecular flexibility index (Phi) is 8.23. The number of benzene rings is 1. The normalized spacial score (nSPS) is 17.8. The summed E-state index contributed by atoms with van der Waals surface area (Å²) in [5.41, 5.74) is 3.12. The molecule has 0 fully saturated rings. The van der Waals surface area contributed by atoms with Gasteiger partial charge in [-0.25, -0.2) is 4.79 Å². The predicted molar refractivity (Wildman–Crippen MR) is 128 cm³/mol. The predicted octanol–water partition coefficient (Wildman–Crippen LogP) is 4.79. The molecule has 1 amide bonds. The van der Waals surface area contributed by atoms with Gasteiger partial charge < -0.3 is 20.3 Å². The van der Waals surface area contributed by atoms with Crippen molar-refractivity contribution in [2.24, 2.45) is 11.3 Å². The van der Waals surface area contributed by atoms with E-state index in [9.17, 15) is 9.59 Å². The third-order valence-corrected chi connectivity index (χ3v) is 5.68. The first-order valence-corrected chi connectivity index (χ1v) is 11.1. The molecule has 1 aromatic rings. The molecule has 0 saturated heterocycles. The van der Waals surface area contributed by atoms with Crippen LogP contribution in [0.15, 0.2) is 35.5 Å². The van der Waals surface area contributed by atoms with Gasteiger partial charge in [-0.1, -0.05) is 39.8 Å². The third-order valence-electron chi connectivity index (χ3n) is 5.34. The number of allylic oxidation sites excluding steroid dienone is 1. The molecule has 2 N–H and O–H groups in total. The van der Waals surface area contributed by atoms with E-state index in [2.05, 4.69) is 38.3 Å². The van der Waals surface area contributed by atoms with E-state index in [-0.39, 0.29) is 17.3 Å². The smallest absolute Gasteiger partial charge is 0.337 e. The minimum atomic E-state index is -0.403. The van der Waals surface area contributed by atoms with Gasteiger partial charge in [0.25, 0.3) is 0 Å². The second-order valence-corrected chi connectivity index (χ2v) is 9.75. The van der Waals surface area contributed by atoms with Crippen LogP contribution >= 0.6 is 12.2 Å². The van der Waals surface area contributed by atoms with Gasteiger partial charge in [0, 0.05) is 24.4 Å². The summed E-state index contributed by atoms with van der Waals surface area (Å²) in [5.74, 6) is -0.0730. The zero-order chi connectivity index (χ0) is 23.3. The first-order chi connectivity index (χ1) is 14.5. The Morgan fingerprint density at radius 2 is 1.87 bits per heavy atom. The van der Waals surface area contributed by atoms with Crippen LogP contribution in [0, 0.1) is 11.3 Å². The number of amides is 1. The molecule has 1 heterocycles. The Bertz CT molecular complexity index is 856. The molecule has 0 aromatic heterocycles. The van der Waals surface area contributed by atoms with E-state index in [0.717, 1.165) is 23.4 Å². The SMILES string of the molecule is CCN1C(=S)N[C@@H](c2ccc(NC(=O)C[C@@H](C)CC(C)(C)C)cc2)C(C(=O)OC)=C1C. The molecular formula is C24H35N3O3S. The fourth-order valence-electron chi connectivity index (χ4n) is 4.19. The zero-order valence-corrected chi connectivity index (χ0v) is 20.5. The third kappa shape index (κ3) is 6.53. The zero-order valence-electron chi connectivity index (χ0n) is 19.7. The molecule has 0 aliphatic carbocycles. The highest BCUT2D eigenvalue weighted by Gasteiger charge is 2.33. The molecular weight excluding hydrogens is 410 g/mol. The second kappa shape index (κ2) is 10.3. The molecule has 31 heavy (non-hydrogen) atoms. The number of esters is 1. The highest BCUT2D eigenvalue weighted by atomic mass is 32.1. The minimum Gasteiger partial charge on any atom is -0.466 e. The molecule has 0 spiro atoms. The van der Waals surface area contributed by atoms with E-state index in [1.54, 1.807) is 0 Å². The van der Waals surface area contributed by atoms with Crippen molar-refractivity contribution in [2.75, 3.05) is 19.0 Å². The van der Waals surface area contributed by atoms with Gasteiger partial charge in [0.1, 0.15) is 0 Å². The van der Waals surface area contributed by atoms with Gasteiger partial charge in [-0.3, -0.25) is 4.79 Å². The van der Waals surface area contributed by atoms with Crippen molar-refractivity contribution in [1.82, 2.24) is 10.2 Å². The monoisotopic (exact) mass is 445 g/mol. The maximum atomic E-state index is 12.5. The number of hydrogen-bond acceptors (Lipinski definition) is 4. The lowest BCUT2D eigenvalue weighted by Gasteiger charge is -2.36. The van der Waals surface area contributed by atoms with Gasteiger partial charge in [-0.05, 0) is 61.5 Å². The molecule has 2 atom stereocenters. The topological polar surface area (TPSA) is 70.7 Å². The molecule has 6 nitrogen and oxygen atoms in total. The molecule has 170 valence electrons. The van der Waals surface area contributed by atoms with Crippen LogP contribution in [0.5, 0.6) is 0 Å². The van der Waals surface area contributed by atoms with Crippen LogP contribution in [-0.4, -0.2) is 35.5 Å². The first kappa shape index (κ1) is 24.9. The van der Waals surface area contributed by atoms with Crippen molar-refractivity contribution >= 4 is 34.9 Å². The molecule has 0 unspecified atom stereocenters. The van der Waals surface area contributed by atoms with Crippen LogP contribution in [0.1, 0.15) is 66.0 Å². The van der Waals surface area contributed by atoms with Gasteiger partial charge in [0.15, 0.2) is 5.11 Å². The number of ether oxygens (including phenoxy) is 1. The van der Waals surface area contributed by atoms with E-state index in [4.69, 9.17) is 17.0 Å². The molecule has 1 aliphatic heterocycles. The van der Waals surface area contributed by atoms with Crippen LogP contribution in [-0.2, 0) is 14.3 Å². The maximum Gasteiger partial charge on any atom is 0.337 e. The van der Waals surface area contributed by atoms with Crippen molar-refractivity contribution in [3.05, 3.63) is 41.1 Å². The first-order valence-electron chi connectivity index (χ1n) is 10.7. The van der Waals surface area contributed by atoms with Crippen LogP contribution in [0.4, 0.5) is 5.69 Å². The van der Waals surface area contributed by atoms with Crippen LogP contribution < -0.4 is 10.6 Å². The number of hydrogen-bond donors (Lipinski definition) is 2. The van der Waals surface area contributed by atoms with Crippen molar-refractivity contribution in [3.63, 3.8) is 0 Å². The second-order valence-electron chi connectivity index (χ2n) is 9.36. The lowest BCUT2D eigenvalue weighted by molar-refractivity contribution is -0.136. The molecule has 0 radical (unpaired) electrons. The summed E-state index contributed by atoms with van der Waals surface area (Å²) < 4.78 is 5.02. The number of carbonyl (C=O) groups excluding carboxylic acids is 2. The lowest BCUT2D eigenvalue weighted by atomic mass is 9.84. The highest BCUT2D eigenvalue weighted by molar-refractivity contribution is 7.80. The van der Waals surface area contributed by atoms with Crippen molar-refractivity contribution < 1.29 is 14.3 Å². The van der Waals surface area contributed by atoms with Gasteiger partial charge >= 0.3 is 5.97 Å². The molecule has 0 bridgehead atoms. The summed E-state index contributed by atoms with van der Waals surface area (Å²) in [6, 6.07) is 7.09. The van der Waals surface area contributed by atoms with E-state index >= 15 is 0 Å². The lowest BCUT2D eigenvalue weighted by Crippen LogP contribution is -2.47. The average Bonchev–Trinajstić information content (AvgIpc) is 2.66. The number of anilines is 1. The number of thiocarbonyl (C=S) groups is 1. The fourth-order valence-corrected chi connectivity index (χ4v) is 4.58. The minimum absolute atomic E-state index is 0.00560. The Morgan fingerprint density at radius 1 is 1.26 bits per heavy atom. The van der Waals surface area contributed by atoms with Crippen LogP contribution in [0.25, 0.3) is 0 Å². The Balaban J connectivity index is 2.16. The number of nitrogens with one attached hydrogen (secondary N) is 2. The Hall–Kier alpha value is -2.41. The molecule has 0 saturated carbocycles. The van der Waals surface area contributed by atoms with E-state index < -0.39 is 6.04 Å². The van der Waals surface area contributed by atoms with Gasteiger partial charge in [-0.15, -0.1) is 0 Å². The summed E-state index contributed by atoms with van der Waals surface area (Å²) >= 11 is 5.49. The molecule has 7 heteroatoms. The van der Waals surface area contributed by atoms with Crippen molar-refractivity contribution in [2.45, 2.75) is 60.4 Å². The number of methoxy groups -OCH3 is 1. The number of nitrogens with zero attached hydrogens (tertiary/aromatic N) is 1. The fraction of sp³-hybridized carbons (Fsp3) is 0.542. The van der Waals surface area contributed by atoms with Crippen molar-refractivity contribution in [1.29, 1.82) is 0 Å². The summed E-state index contributed by atoms with van der Waals surface area (Å²) in [6.07, 6.45) is 1.47. The van der Waals surface area contributed by atoms with E-state index in [1.807, 2.05) is 43.0 Å². The van der Waals surface area contributed by atoms with E-state index in [0.29, 0.717) is 29.6 Å². The average molecular weight is 446 g/mol. The summed E-state index contributed by atoms with van der Waals surface area (Å²) in [4.78, 5) is 26.8. The van der Waals surface area contributed by atoms with Crippen LogP contribution in [0.3, 0.4) is 0 Å². The van der Waals surface area contributed by atoms with Gasteiger partial charge in [0.05, 0.1) is 18.7 Å². The molecule has 1 aliphatic rings. The number of rotatable bonds is 7. The Morgan fingerprint density at radius 3 is 2.39 bits per heavy atom. The quantitative estimate of drug-likeness (QED) is 0.465. The summed E-state index contributed by atoms with van der Waals surface area (Å²) in [6.45, 7) is 13.2. The largest absolute Gasteiger partial charge is 0.466 e. The van der Waals surface area contributed by atoms with E-state index in [1.165, 1.54) is 7.11 Å². The standard InChI is InChI=1S/C24H35N3O3S/c1-8-27-16(3)20(22(29)30-7)21(26-23(27)31)17-9-11-18(12-10-17)25-19(28)13-15(2)14-24(4,5)6/h9-12,15,21H,8,13-14H2,1-7H3,(H,25,28)(H,26,31)/t15-,21+/m1/s1.